The molecule has 0 amide bonds. The first-order valence-corrected chi connectivity index (χ1v) is 7.19. The first-order chi connectivity index (χ1) is 9.40. The van der Waals surface area contributed by atoms with Crippen molar-refractivity contribution in [3.63, 3.8) is 0 Å². The quantitative estimate of drug-likeness (QED) is 0.704. The lowest BCUT2D eigenvalue weighted by atomic mass is 10.0. The van der Waals surface area contributed by atoms with Gasteiger partial charge in [0.25, 0.3) is 0 Å². The fourth-order valence-electron chi connectivity index (χ4n) is 1.70. The number of aryl methyl sites for hydroxylation is 1. The van der Waals surface area contributed by atoms with Crippen LogP contribution in [0.25, 0.3) is 0 Å². The van der Waals surface area contributed by atoms with Crippen molar-refractivity contribution in [2.45, 2.75) is 32.0 Å². The molecular formula is C14H18O5S. The van der Waals surface area contributed by atoms with Crippen molar-refractivity contribution in [1.29, 1.82) is 0 Å². The van der Waals surface area contributed by atoms with E-state index in [1.807, 2.05) is 0 Å². The highest BCUT2D eigenvalue weighted by Gasteiger charge is 2.19. The van der Waals surface area contributed by atoms with Gasteiger partial charge in [-0.25, -0.2) is 0 Å². The average molecular weight is 298 g/mol. The molecule has 0 aliphatic rings. The second kappa shape index (κ2) is 8.04. The Balaban J connectivity index is 2.67. The van der Waals surface area contributed by atoms with Gasteiger partial charge in [0.1, 0.15) is 6.10 Å². The van der Waals surface area contributed by atoms with Gasteiger partial charge in [0, 0.05) is 19.1 Å². The van der Waals surface area contributed by atoms with Crippen LogP contribution in [0, 0.1) is 0 Å². The predicted molar refractivity (Wildman–Crippen MR) is 76.5 cm³/mol. The first kappa shape index (κ1) is 16.7. The Kier molecular flexibility index (Phi) is 6.70. The van der Waals surface area contributed by atoms with Gasteiger partial charge in [-0.1, -0.05) is 36.0 Å². The van der Waals surface area contributed by atoms with Crippen LogP contribution in [0.5, 0.6) is 0 Å². The van der Waals surface area contributed by atoms with E-state index < -0.39 is 18.2 Å². The van der Waals surface area contributed by atoms with Crippen molar-refractivity contribution >= 4 is 22.8 Å². The van der Waals surface area contributed by atoms with Gasteiger partial charge in [-0.3, -0.25) is 9.59 Å². The van der Waals surface area contributed by atoms with Crippen LogP contribution in [0.3, 0.4) is 0 Å². The lowest BCUT2D eigenvalue weighted by Crippen LogP contribution is -2.21. The van der Waals surface area contributed by atoms with Crippen molar-refractivity contribution in [2.24, 2.45) is 0 Å². The lowest BCUT2D eigenvalue weighted by molar-refractivity contribution is -0.137. The van der Waals surface area contributed by atoms with Gasteiger partial charge in [-0.2, -0.15) is 0 Å². The fourth-order valence-corrected chi connectivity index (χ4v) is 2.29. The molecule has 0 radical (unpaired) electrons. The molecule has 0 fully saturated rings. The number of benzene rings is 1. The van der Waals surface area contributed by atoms with E-state index in [-0.39, 0.29) is 17.3 Å². The highest BCUT2D eigenvalue weighted by molar-refractivity contribution is 8.13. The predicted octanol–water partition coefficient (Wildman–Crippen LogP) is 1.38. The third-order valence-electron chi connectivity index (χ3n) is 2.74. The molecule has 0 bridgehead atoms. The molecule has 3 N–H and O–H groups in total. The summed E-state index contributed by atoms with van der Waals surface area (Å²) in [4.78, 5) is 21.3. The van der Waals surface area contributed by atoms with Crippen molar-refractivity contribution < 1.29 is 24.9 Å². The van der Waals surface area contributed by atoms with Crippen LogP contribution in [0.15, 0.2) is 24.3 Å². The molecule has 20 heavy (non-hydrogen) atoms. The minimum absolute atomic E-state index is 0.0162. The van der Waals surface area contributed by atoms with Crippen LogP contribution in [-0.2, 0) is 16.0 Å². The molecule has 2 atom stereocenters. The molecule has 0 aromatic heterocycles. The summed E-state index contributed by atoms with van der Waals surface area (Å²) in [5.74, 6) is -0.760. The number of hydrogen-bond donors (Lipinski definition) is 3. The summed E-state index contributed by atoms with van der Waals surface area (Å²) >= 11 is 0.954. The minimum Gasteiger partial charge on any atom is -0.481 e. The number of carboxylic acids is 1. The Labute approximate surface area is 121 Å². The average Bonchev–Trinajstić information content (AvgIpc) is 2.42. The molecule has 1 aromatic rings. The second-order valence-electron chi connectivity index (χ2n) is 4.45. The summed E-state index contributed by atoms with van der Waals surface area (Å²) < 4.78 is 0. The summed E-state index contributed by atoms with van der Waals surface area (Å²) in [6, 6.07) is 6.82. The van der Waals surface area contributed by atoms with Crippen LogP contribution in [-0.4, -0.2) is 38.3 Å². The van der Waals surface area contributed by atoms with E-state index in [9.17, 15) is 19.8 Å². The Hall–Kier alpha value is -1.37. The molecule has 1 rings (SSSR count). The number of thioether (sulfide) groups is 1. The summed E-state index contributed by atoms with van der Waals surface area (Å²) in [6.07, 6.45) is -1.75. The van der Waals surface area contributed by atoms with Gasteiger partial charge >= 0.3 is 5.97 Å². The summed E-state index contributed by atoms with van der Waals surface area (Å²) in [7, 11) is 0. The monoisotopic (exact) mass is 298 g/mol. The number of hydrogen-bond acceptors (Lipinski definition) is 5. The normalized spacial score (nSPS) is 13.8. The zero-order valence-electron chi connectivity index (χ0n) is 11.2. The zero-order chi connectivity index (χ0) is 15.1. The minimum atomic E-state index is -1.09. The molecule has 6 heteroatoms. The smallest absolute Gasteiger partial charge is 0.303 e. The van der Waals surface area contributed by atoms with E-state index in [2.05, 4.69) is 0 Å². The van der Waals surface area contributed by atoms with Crippen molar-refractivity contribution in [3.8, 4) is 0 Å². The van der Waals surface area contributed by atoms with Crippen LogP contribution in [0.1, 0.15) is 30.6 Å². The number of carbonyl (C=O) groups is 2. The molecule has 0 spiro atoms. The third kappa shape index (κ3) is 5.73. The SMILES string of the molecule is CC(=O)SCC(O)C(O)c1cccc(CCC(=O)O)c1. The first-order valence-electron chi connectivity index (χ1n) is 6.20. The maximum atomic E-state index is 10.8. The van der Waals surface area contributed by atoms with Crippen molar-refractivity contribution in [2.75, 3.05) is 5.75 Å². The zero-order valence-corrected chi connectivity index (χ0v) is 12.0. The van der Waals surface area contributed by atoms with Crippen LogP contribution >= 0.6 is 11.8 Å². The van der Waals surface area contributed by atoms with E-state index in [0.717, 1.165) is 17.3 Å². The molecular weight excluding hydrogens is 280 g/mol. The van der Waals surface area contributed by atoms with Gasteiger partial charge in [0.05, 0.1) is 6.10 Å². The molecule has 0 saturated carbocycles. The van der Waals surface area contributed by atoms with Gasteiger partial charge in [-0.15, -0.1) is 0 Å². The molecule has 110 valence electrons. The topological polar surface area (TPSA) is 94.8 Å². The second-order valence-corrected chi connectivity index (χ2v) is 5.65. The highest BCUT2D eigenvalue weighted by atomic mass is 32.2. The maximum absolute atomic E-state index is 10.8. The Morgan fingerprint density at radius 2 is 2.00 bits per heavy atom. The van der Waals surface area contributed by atoms with Crippen LogP contribution in [0.2, 0.25) is 0 Å². The number of aliphatic hydroxyl groups is 2. The molecule has 0 saturated heterocycles. The van der Waals surface area contributed by atoms with E-state index in [4.69, 9.17) is 5.11 Å². The van der Waals surface area contributed by atoms with E-state index >= 15 is 0 Å². The molecule has 0 aliphatic heterocycles. The highest BCUT2D eigenvalue weighted by Crippen LogP contribution is 2.21. The Bertz CT molecular complexity index is 474. The summed E-state index contributed by atoms with van der Waals surface area (Å²) in [6.45, 7) is 1.40. The van der Waals surface area contributed by atoms with Gasteiger partial charge < -0.3 is 15.3 Å². The number of rotatable bonds is 7. The number of carboxylic acid groups (broad SMARTS) is 1. The van der Waals surface area contributed by atoms with Crippen molar-refractivity contribution in [3.05, 3.63) is 35.4 Å². The number of aliphatic carboxylic acids is 1. The Morgan fingerprint density at radius 3 is 2.60 bits per heavy atom. The van der Waals surface area contributed by atoms with Gasteiger partial charge in [-0.05, 0) is 17.5 Å². The lowest BCUT2D eigenvalue weighted by Gasteiger charge is -2.18. The molecule has 0 heterocycles. The standard InChI is InChI=1S/C14H18O5S/c1-9(15)20-8-12(16)14(19)11-4-2-3-10(7-11)5-6-13(17)18/h2-4,7,12,14,16,19H,5-6,8H2,1H3,(H,17,18). The third-order valence-corrected chi connectivity index (χ3v) is 3.66. The van der Waals surface area contributed by atoms with E-state index in [0.29, 0.717) is 12.0 Å². The van der Waals surface area contributed by atoms with Crippen LogP contribution in [0.4, 0.5) is 0 Å². The summed E-state index contributed by atoms with van der Waals surface area (Å²) in [5, 5.41) is 28.3. The largest absolute Gasteiger partial charge is 0.481 e. The molecule has 5 nitrogen and oxygen atoms in total. The summed E-state index contributed by atoms with van der Waals surface area (Å²) in [5.41, 5.74) is 1.31. The molecule has 1 aromatic carbocycles. The fraction of sp³-hybridized carbons (Fsp3) is 0.429. The van der Waals surface area contributed by atoms with E-state index in [1.54, 1.807) is 24.3 Å². The van der Waals surface area contributed by atoms with Gasteiger partial charge in [0.15, 0.2) is 5.12 Å². The Morgan fingerprint density at radius 1 is 1.30 bits per heavy atom. The van der Waals surface area contributed by atoms with Gasteiger partial charge in [0.2, 0.25) is 0 Å². The van der Waals surface area contributed by atoms with Crippen molar-refractivity contribution in [1.82, 2.24) is 0 Å². The van der Waals surface area contributed by atoms with E-state index in [1.165, 1.54) is 6.92 Å². The van der Waals surface area contributed by atoms with Crippen LogP contribution < -0.4 is 0 Å². The number of aliphatic hydroxyl groups excluding tert-OH is 2. The number of carbonyl (C=O) groups excluding carboxylic acids is 1. The maximum Gasteiger partial charge on any atom is 0.303 e. The molecule has 2 unspecified atom stereocenters. The molecule has 0 aliphatic carbocycles.